The van der Waals surface area contributed by atoms with Gasteiger partial charge in [0.1, 0.15) is 5.75 Å². The molecule has 4 nitrogen and oxygen atoms in total. The molecule has 5 heteroatoms. The number of nitrogens with one attached hydrogen (secondary N) is 1. The van der Waals surface area contributed by atoms with Crippen molar-refractivity contribution in [3.05, 3.63) is 83.4 Å². The number of hydrogen-bond donors (Lipinski definition) is 1. The van der Waals surface area contributed by atoms with Crippen LogP contribution in [0.3, 0.4) is 0 Å². The van der Waals surface area contributed by atoms with Gasteiger partial charge in [-0.05, 0) is 55.4 Å². The van der Waals surface area contributed by atoms with Crippen molar-refractivity contribution in [1.82, 2.24) is 5.32 Å². The Bertz CT molecular complexity index is 1140. The summed E-state index contributed by atoms with van der Waals surface area (Å²) in [5.74, 6) is 0.910. The standard InChI is InChI=1S/C28H30N2O2S/c1-3-4-5-8-17-29-19-25(31)21-13-16-27-24(18-21)30-28(20-11-14-22(32-2)15-12-20)23-9-6-7-10-26(23)33-27/h6-7,9-16,18,29H,3-5,8,17,19H2,1-2H3. The highest BCUT2D eigenvalue weighted by molar-refractivity contribution is 7.99. The van der Waals surface area contributed by atoms with Crippen molar-refractivity contribution in [2.24, 2.45) is 4.99 Å². The number of hydrogen-bond acceptors (Lipinski definition) is 5. The molecule has 170 valence electrons. The third-order valence-corrected chi connectivity index (χ3v) is 6.87. The van der Waals surface area contributed by atoms with Crippen molar-refractivity contribution in [2.75, 3.05) is 20.2 Å². The van der Waals surface area contributed by atoms with Crippen LogP contribution in [0.25, 0.3) is 0 Å². The Morgan fingerprint density at radius 2 is 1.79 bits per heavy atom. The van der Waals surface area contributed by atoms with Crippen LogP contribution >= 0.6 is 11.8 Å². The van der Waals surface area contributed by atoms with Crippen molar-refractivity contribution < 1.29 is 9.53 Å². The number of carbonyl (C=O) groups is 1. The van der Waals surface area contributed by atoms with Crippen LogP contribution in [0, 0.1) is 0 Å². The summed E-state index contributed by atoms with van der Waals surface area (Å²) in [7, 11) is 1.67. The number of rotatable bonds is 10. The molecular weight excluding hydrogens is 428 g/mol. The zero-order valence-corrected chi connectivity index (χ0v) is 20.1. The molecule has 4 rings (SSSR count). The lowest BCUT2D eigenvalue weighted by molar-refractivity contribution is 0.0991. The molecular formula is C28H30N2O2S. The van der Waals surface area contributed by atoms with E-state index in [0.29, 0.717) is 12.1 Å². The largest absolute Gasteiger partial charge is 0.497 e. The van der Waals surface area contributed by atoms with Crippen molar-refractivity contribution >= 4 is 28.9 Å². The smallest absolute Gasteiger partial charge is 0.176 e. The van der Waals surface area contributed by atoms with Gasteiger partial charge in [0.25, 0.3) is 0 Å². The Morgan fingerprint density at radius 1 is 0.970 bits per heavy atom. The predicted octanol–water partition coefficient (Wildman–Crippen LogP) is 6.68. The van der Waals surface area contributed by atoms with Crippen LogP contribution in [0.5, 0.6) is 5.75 Å². The van der Waals surface area contributed by atoms with Gasteiger partial charge < -0.3 is 10.1 Å². The van der Waals surface area contributed by atoms with E-state index in [0.717, 1.165) is 51.0 Å². The molecule has 0 fully saturated rings. The number of methoxy groups -OCH3 is 1. The van der Waals surface area contributed by atoms with Crippen molar-refractivity contribution in [3.63, 3.8) is 0 Å². The highest BCUT2D eigenvalue weighted by atomic mass is 32.2. The third-order valence-electron chi connectivity index (χ3n) is 5.73. The topological polar surface area (TPSA) is 50.7 Å². The fourth-order valence-electron chi connectivity index (χ4n) is 3.86. The second kappa shape index (κ2) is 11.3. The van der Waals surface area contributed by atoms with Gasteiger partial charge in [-0.3, -0.25) is 4.79 Å². The van der Waals surface area contributed by atoms with Gasteiger partial charge in [-0.25, -0.2) is 4.99 Å². The minimum Gasteiger partial charge on any atom is -0.497 e. The van der Waals surface area contributed by atoms with Crippen molar-refractivity contribution in [3.8, 4) is 5.75 Å². The van der Waals surface area contributed by atoms with Crippen molar-refractivity contribution in [2.45, 2.75) is 42.4 Å². The summed E-state index contributed by atoms with van der Waals surface area (Å²) in [5, 5.41) is 3.29. The normalized spacial score (nSPS) is 12.4. The number of unbranched alkanes of at least 4 members (excludes halogenated alkanes) is 3. The average Bonchev–Trinajstić information content (AvgIpc) is 3.02. The van der Waals surface area contributed by atoms with Crippen LogP contribution in [-0.2, 0) is 0 Å². The number of Topliss-reactive ketones (excluding diaryl/α,β-unsaturated/α-hetero) is 1. The Hall–Kier alpha value is -2.89. The van der Waals surface area contributed by atoms with Crippen LogP contribution in [-0.4, -0.2) is 31.7 Å². The lowest BCUT2D eigenvalue weighted by atomic mass is 10.0. The average molecular weight is 459 g/mol. The molecule has 0 spiro atoms. The van der Waals surface area contributed by atoms with E-state index < -0.39 is 0 Å². The van der Waals surface area contributed by atoms with Crippen LogP contribution < -0.4 is 10.1 Å². The van der Waals surface area contributed by atoms with Crippen LogP contribution in [0.4, 0.5) is 5.69 Å². The Morgan fingerprint density at radius 3 is 2.58 bits per heavy atom. The summed E-state index contributed by atoms with van der Waals surface area (Å²) in [4.78, 5) is 20.1. The first kappa shape index (κ1) is 23.3. The number of carbonyl (C=O) groups excluding carboxylic acids is 1. The van der Waals surface area contributed by atoms with Gasteiger partial charge in [0, 0.05) is 26.5 Å². The predicted molar refractivity (Wildman–Crippen MR) is 137 cm³/mol. The fraction of sp³-hybridized carbons (Fsp3) is 0.286. The highest BCUT2D eigenvalue weighted by Gasteiger charge is 2.20. The van der Waals surface area contributed by atoms with Crippen LogP contribution in [0.2, 0.25) is 0 Å². The Labute approximate surface area is 200 Å². The summed E-state index contributed by atoms with van der Waals surface area (Å²) in [6.07, 6.45) is 4.77. The van der Waals surface area contributed by atoms with E-state index in [9.17, 15) is 4.79 Å². The number of ether oxygens (including phenoxy) is 1. The number of ketones is 1. The molecule has 0 bridgehead atoms. The summed E-state index contributed by atoms with van der Waals surface area (Å²) >= 11 is 1.69. The number of fused-ring (bicyclic) bond motifs is 2. The van der Waals surface area contributed by atoms with E-state index in [1.54, 1.807) is 18.9 Å². The van der Waals surface area contributed by atoms with Gasteiger partial charge in [0.15, 0.2) is 5.78 Å². The molecule has 1 heterocycles. The highest BCUT2D eigenvalue weighted by Crippen LogP contribution is 2.41. The quantitative estimate of drug-likeness (QED) is 0.213. The third kappa shape index (κ3) is 5.73. The second-order valence-electron chi connectivity index (χ2n) is 8.13. The molecule has 0 aromatic heterocycles. The summed E-state index contributed by atoms with van der Waals surface area (Å²) in [6, 6.07) is 22.1. The van der Waals surface area contributed by atoms with E-state index in [1.165, 1.54) is 19.3 Å². The molecule has 3 aromatic rings. The van der Waals surface area contributed by atoms with Gasteiger partial charge in [-0.15, -0.1) is 0 Å². The van der Waals surface area contributed by atoms with E-state index in [4.69, 9.17) is 9.73 Å². The van der Waals surface area contributed by atoms with Crippen LogP contribution in [0.15, 0.2) is 81.5 Å². The second-order valence-corrected chi connectivity index (χ2v) is 9.21. The minimum absolute atomic E-state index is 0.0984. The first-order chi connectivity index (χ1) is 16.2. The lowest BCUT2D eigenvalue weighted by Crippen LogP contribution is -2.24. The molecule has 1 aliphatic heterocycles. The molecule has 0 saturated carbocycles. The van der Waals surface area contributed by atoms with Gasteiger partial charge in [0.2, 0.25) is 0 Å². The van der Waals surface area contributed by atoms with E-state index in [2.05, 4.69) is 24.4 Å². The van der Waals surface area contributed by atoms with Gasteiger partial charge in [-0.2, -0.15) is 0 Å². The maximum Gasteiger partial charge on any atom is 0.176 e. The Kier molecular flexibility index (Phi) is 7.97. The number of aliphatic imine (C=N–C) groups is 1. The van der Waals surface area contributed by atoms with E-state index in [-0.39, 0.29) is 5.78 Å². The molecule has 1 aliphatic rings. The monoisotopic (exact) mass is 458 g/mol. The van der Waals surface area contributed by atoms with E-state index >= 15 is 0 Å². The number of benzene rings is 3. The Balaban J connectivity index is 1.61. The molecule has 0 radical (unpaired) electrons. The van der Waals surface area contributed by atoms with Crippen LogP contribution in [0.1, 0.15) is 54.1 Å². The summed E-state index contributed by atoms with van der Waals surface area (Å²) < 4.78 is 5.32. The molecule has 3 aromatic carbocycles. The molecule has 0 aliphatic carbocycles. The SMILES string of the molecule is CCCCCCNCC(=O)c1ccc2c(c1)N=C(c1ccc(OC)cc1)c1ccccc1S2. The first-order valence-corrected chi connectivity index (χ1v) is 12.4. The molecule has 33 heavy (non-hydrogen) atoms. The van der Waals surface area contributed by atoms with Gasteiger partial charge in [0.05, 0.1) is 25.1 Å². The first-order valence-electron chi connectivity index (χ1n) is 11.6. The molecule has 0 amide bonds. The molecule has 0 atom stereocenters. The van der Waals surface area contributed by atoms with Gasteiger partial charge in [-0.1, -0.05) is 62.2 Å². The molecule has 0 saturated heterocycles. The maximum atomic E-state index is 12.8. The van der Waals surface area contributed by atoms with E-state index in [1.807, 2.05) is 54.6 Å². The lowest BCUT2D eigenvalue weighted by Gasteiger charge is -2.09. The van der Waals surface area contributed by atoms with Crippen molar-refractivity contribution in [1.29, 1.82) is 0 Å². The van der Waals surface area contributed by atoms with Gasteiger partial charge >= 0.3 is 0 Å². The summed E-state index contributed by atoms with van der Waals surface area (Å²) in [5.41, 5.74) is 4.53. The minimum atomic E-state index is 0.0984. The molecule has 0 unspecified atom stereocenters. The summed E-state index contributed by atoms with van der Waals surface area (Å²) in [6.45, 7) is 3.43. The zero-order valence-electron chi connectivity index (χ0n) is 19.3. The maximum absolute atomic E-state index is 12.8. The fourth-order valence-corrected chi connectivity index (χ4v) is 4.87. The number of nitrogens with zero attached hydrogens (tertiary/aromatic N) is 1. The zero-order chi connectivity index (χ0) is 23.0. The molecule has 1 N–H and O–H groups in total.